The van der Waals surface area contributed by atoms with Crippen LogP contribution in [0.2, 0.25) is 5.02 Å². The third kappa shape index (κ3) is 8.15. The Morgan fingerprint density at radius 3 is 2.54 bits per heavy atom. The van der Waals surface area contributed by atoms with Crippen LogP contribution < -0.4 is 10.1 Å². The summed E-state index contributed by atoms with van der Waals surface area (Å²) < 4.78 is 33.0. The first kappa shape index (κ1) is 30.7. The van der Waals surface area contributed by atoms with Crippen LogP contribution >= 0.6 is 11.6 Å². The quantitative estimate of drug-likeness (QED) is 0.232. The molecule has 0 aromatic heterocycles. The molecule has 0 amide bonds. The summed E-state index contributed by atoms with van der Waals surface area (Å²) in [4.78, 5) is 12.6. The number of aryl methyl sites for hydroxylation is 1. The van der Waals surface area contributed by atoms with E-state index in [-0.39, 0.29) is 19.5 Å². The van der Waals surface area contributed by atoms with Crippen molar-refractivity contribution in [2.45, 2.75) is 52.7 Å². The molecule has 0 atom stereocenters. The Bertz CT molecular complexity index is 1420. The van der Waals surface area contributed by atoms with Crippen LogP contribution in [-0.2, 0) is 17.9 Å². The highest BCUT2D eigenvalue weighted by Crippen LogP contribution is 2.33. The zero-order valence-corrected chi connectivity index (χ0v) is 24.5. The number of likely N-dealkylation sites (tertiary alicyclic amines) is 1. The lowest BCUT2D eigenvalue weighted by atomic mass is 9.91. The predicted molar refractivity (Wildman–Crippen MR) is 161 cm³/mol. The van der Waals surface area contributed by atoms with Gasteiger partial charge in [0.15, 0.2) is 0 Å². The number of carboxylic acids is 1. The van der Waals surface area contributed by atoms with Crippen molar-refractivity contribution in [1.29, 1.82) is 0 Å². The zero-order chi connectivity index (χ0) is 29.6. The molecule has 2 N–H and O–H groups in total. The molecule has 218 valence electrons. The molecule has 4 rings (SSSR count). The maximum atomic E-state index is 13.4. The highest BCUT2D eigenvalue weighted by atomic mass is 35.5. The Hall–Kier alpha value is -3.26. The van der Waals surface area contributed by atoms with Crippen molar-refractivity contribution in [3.05, 3.63) is 93.0 Å². The molecule has 0 radical (unpaired) electrons. The fourth-order valence-corrected chi connectivity index (χ4v) is 5.42. The minimum absolute atomic E-state index is 0.0474. The van der Waals surface area contributed by atoms with Crippen molar-refractivity contribution in [3.63, 3.8) is 0 Å². The van der Waals surface area contributed by atoms with Crippen LogP contribution in [0.3, 0.4) is 0 Å². The van der Waals surface area contributed by atoms with Crippen molar-refractivity contribution in [1.82, 2.24) is 10.2 Å². The standard InChI is InChI=1S/C33H37ClF2N2O3/c1-22-16-31(30(34)17-27(22)18-37-19-32(39)40)41-20-26-10-7-12-29(24(26)3)28-11-6-9-25(23(28)2)8-4-5-14-38-15-13-33(35,36)21-38/h4,6-12,16-17,37H,5,13-15,18-21H2,1-3H3,(H,39,40). The molecule has 5 nitrogen and oxygen atoms in total. The van der Waals surface area contributed by atoms with Crippen LogP contribution in [0.1, 0.15) is 46.2 Å². The number of ether oxygens (including phenoxy) is 1. The Labute approximate surface area is 245 Å². The van der Waals surface area contributed by atoms with E-state index in [9.17, 15) is 13.6 Å². The lowest BCUT2D eigenvalue weighted by Gasteiger charge is -2.17. The fourth-order valence-electron chi connectivity index (χ4n) is 5.18. The lowest BCUT2D eigenvalue weighted by molar-refractivity contribution is -0.136. The molecule has 3 aromatic carbocycles. The van der Waals surface area contributed by atoms with E-state index in [2.05, 4.69) is 49.5 Å². The number of nitrogens with zero attached hydrogens (tertiary/aromatic N) is 1. The van der Waals surface area contributed by atoms with E-state index in [4.69, 9.17) is 21.4 Å². The van der Waals surface area contributed by atoms with Crippen LogP contribution in [0.25, 0.3) is 17.2 Å². The van der Waals surface area contributed by atoms with Gasteiger partial charge in [-0.25, -0.2) is 8.78 Å². The summed E-state index contributed by atoms with van der Waals surface area (Å²) >= 11 is 6.50. The summed E-state index contributed by atoms with van der Waals surface area (Å²) in [6, 6.07) is 16.1. The largest absolute Gasteiger partial charge is 0.487 e. The second kappa shape index (κ2) is 13.6. The highest BCUT2D eigenvalue weighted by Gasteiger charge is 2.37. The van der Waals surface area contributed by atoms with E-state index < -0.39 is 11.9 Å². The second-order valence-corrected chi connectivity index (χ2v) is 11.1. The first-order valence-corrected chi connectivity index (χ1v) is 14.2. The minimum Gasteiger partial charge on any atom is -0.487 e. The molecule has 0 saturated carbocycles. The molecular weight excluding hydrogens is 546 g/mol. The zero-order valence-electron chi connectivity index (χ0n) is 23.8. The number of hydrogen-bond donors (Lipinski definition) is 2. The van der Waals surface area contributed by atoms with E-state index >= 15 is 0 Å². The number of benzene rings is 3. The third-order valence-electron chi connectivity index (χ3n) is 7.64. The maximum absolute atomic E-state index is 13.4. The van der Waals surface area contributed by atoms with Crippen LogP contribution in [0.4, 0.5) is 8.78 Å². The number of halogens is 3. The fraction of sp³-hybridized carbons (Fsp3) is 0.364. The van der Waals surface area contributed by atoms with Gasteiger partial charge in [-0.1, -0.05) is 60.2 Å². The molecule has 0 spiro atoms. The van der Waals surface area contributed by atoms with Gasteiger partial charge in [0, 0.05) is 26.1 Å². The van der Waals surface area contributed by atoms with Crippen LogP contribution in [0.5, 0.6) is 5.75 Å². The minimum atomic E-state index is -2.55. The van der Waals surface area contributed by atoms with Crippen LogP contribution in [-0.4, -0.2) is 48.1 Å². The molecule has 41 heavy (non-hydrogen) atoms. The van der Waals surface area contributed by atoms with Crippen LogP contribution in [0.15, 0.2) is 54.6 Å². The van der Waals surface area contributed by atoms with Crippen molar-refractivity contribution in [2.75, 3.05) is 26.2 Å². The molecule has 0 unspecified atom stereocenters. The smallest absolute Gasteiger partial charge is 0.317 e. The van der Waals surface area contributed by atoms with Gasteiger partial charge >= 0.3 is 5.97 Å². The van der Waals surface area contributed by atoms with E-state index in [1.807, 2.05) is 42.2 Å². The van der Waals surface area contributed by atoms with Crippen molar-refractivity contribution >= 4 is 23.6 Å². The van der Waals surface area contributed by atoms with Gasteiger partial charge in [-0.3, -0.25) is 9.69 Å². The molecule has 1 aliphatic heterocycles. The van der Waals surface area contributed by atoms with Gasteiger partial charge in [0.1, 0.15) is 12.4 Å². The number of carbonyl (C=O) groups is 1. The Kier molecular flexibility index (Phi) is 10.2. The van der Waals surface area contributed by atoms with Gasteiger partial charge < -0.3 is 15.2 Å². The van der Waals surface area contributed by atoms with Crippen molar-refractivity contribution in [2.24, 2.45) is 0 Å². The molecule has 8 heteroatoms. The third-order valence-corrected chi connectivity index (χ3v) is 7.93. The Morgan fingerprint density at radius 1 is 1.10 bits per heavy atom. The number of nitrogens with one attached hydrogen (secondary N) is 1. The molecule has 0 aliphatic carbocycles. The average Bonchev–Trinajstić information content (AvgIpc) is 3.27. The average molecular weight is 583 g/mol. The highest BCUT2D eigenvalue weighted by molar-refractivity contribution is 6.32. The van der Waals surface area contributed by atoms with Gasteiger partial charge in [-0.2, -0.15) is 0 Å². The van der Waals surface area contributed by atoms with Crippen LogP contribution in [0, 0.1) is 20.8 Å². The van der Waals surface area contributed by atoms with Gasteiger partial charge in [0.25, 0.3) is 5.92 Å². The van der Waals surface area contributed by atoms with E-state index in [0.29, 0.717) is 37.0 Å². The summed E-state index contributed by atoms with van der Waals surface area (Å²) in [6.07, 6.45) is 4.83. The lowest BCUT2D eigenvalue weighted by Crippen LogP contribution is -2.25. The van der Waals surface area contributed by atoms with E-state index in [1.54, 1.807) is 0 Å². The normalized spacial score (nSPS) is 15.1. The summed E-state index contributed by atoms with van der Waals surface area (Å²) in [7, 11) is 0. The van der Waals surface area contributed by atoms with Gasteiger partial charge in [0.05, 0.1) is 18.1 Å². The monoisotopic (exact) mass is 582 g/mol. The molecular formula is C33H37ClF2N2O3. The number of hydrogen-bond acceptors (Lipinski definition) is 4. The van der Waals surface area contributed by atoms with Crippen molar-refractivity contribution in [3.8, 4) is 16.9 Å². The Balaban J connectivity index is 1.43. The van der Waals surface area contributed by atoms with Gasteiger partial charge in [-0.05, 0) is 83.8 Å². The van der Waals surface area contributed by atoms with Gasteiger partial charge in [-0.15, -0.1) is 0 Å². The number of aliphatic carboxylic acids is 1. The summed E-state index contributed by atoms with van der Waals surface area (Å²) in [5, 5.41) is 12.2. The number of alkyl halides is 2. The molecule has 1 heterocycles. The second-order valence-electron chi connectivity index (χ2n) is 10.7. The molecule has 3 aromatic rings. The number of carboxylic acid groups (broad SMARTS) is 1. The first-order valence-electron chi connectivity index (χ1n) is 13.8. The predicted octanol–water partition coefficient (Wildman–Crippen LogP) is 7.43. The molecule has 1 fully saturated rings. The Morgan fingerprint density at radius 2 is 1.83 bits per heavy atom. The topological polar surface area (TPSA) is 61.8 Å². The SMILES string of the molecule is Cc1cc(OCc2cccc(-c3cccc(C=CCCN4CCC(F)(F)C4)c3C)c2C)c(Cl)cc1CNCC(=O)O. The van der Waals surface area contributed by atoms with E-state index in [0.717, 1.165) is 50.9 Å². The van der Waals surface area contributed by atoms with Gasteiger partial charge in [0.2, 0.25) is 0 Å². The summed E-state index contributed by atoms with van der Waals surface area (Å²) in [6.45, 7) is 7.73. The molecule has 1 saturated heterocycles. The number of rotatable bonds is 12. The molecule has 0 bridgehead atoms. The molecule has 1 aliphatic rings. The summed E-state index contributed by atoms with van der Waals surface area (Å²) in [5.74, 6) is -2.88. The first-order chi connectivity index (χ1) is 19.5. The summed E-state index contributed by atoms with van der Waals surface area (Å²) in [5.41, 5.74) is 8.58. The van der Waals surface area contributed by atoms with E-state index in [1.165, 1.54) is 0 Å². The van der Waals surface area contributed by atoms with Crippen molar-refractivity contribution < 1.29 is 23.4 Å². The maximum Gasteiger partial charge on any atom is 0.317 e.